The molecule has 2 heterocycles. The van der Waals surface area contributed by atoms with Crippen LogP contribution < -0.4 is 0 Å². The summed E-state index contributed by atoms with van der Waals surface area (Å²) in [5.74, 6) is 5.96. The average molecular weight is 381 g/mol. The minimum atomic E-state index is -0.553. The van der Waals surface area contributed by atoms with E-state index < -0.39 is 6.04 Å². The number of amides is 1. The van der Waals surface area contributed by atoms with Crippen LogP contribution in [0.2, 0.25) is 0 Å². The lowest BCUT2D eigenvalue weighted by Crippen LogP contribution is -2.66. The number of aliphatic hydroxyl groups excluding tert-OH is 1. The topological polar surface area (TPSA) is 76.8 Å². The molecule has 2 saturated heterocycles. The Balaban J connectivity index is 1.69. The molecule has 0 aromatic heterocycles. The number of rotatable bonds is 5. The van der Waals surface area contributed by atoms with Crippen molar-refractivity contribution in [1.29, 1.82) is 5.26 Å². The minimum absolute atomic E-state index is 0.106. The van der Waals surface area contributed by atoms with Gasteiger partial charge in [0.2, 0.25) is 5.91 Å². The molecule has 0 radical (unpaired) electrons. The number of likely N-dealkylation sites (tertiary alicyclic amines) is 1. The van der Waals surface area contributed by atoms with Crippen molar-refractivity contribution in [2.24, 2.45) is 0 Å². The van der Waals surface area contributed by atoms with E-state index in [1.807, 2.05) is 29.2 Å². The number of unbranched alkanes of at least 4 members (excludes halogenated alkanes) is 1. The number of hydrogen-bond donors (Lipinski definition) is 1. The molecular formula is C22H27N3O3. The fourth-order valence-electron chi connectivity index (χ4n) is 3.86. The molecule has 3 atom stereocenters. The minimum Gasteiger partial charge on any atom is -0.394 e. The quantitative estimate of drug-likeness (QED) is 0.779. The van der Waals surface area contributed by atoms with Crippen LogP contribution in [0.3, 0.4) is 0 Å². The second-order valence-electron chi connectivity index (χ2n) is 7.21. The first-order valence-electron chi connectivity index (χ1n) is 9.90. The first-order valence-corrected chi connectivity index (χ1v) is 9.90. The van der Waals surface area contributed by atoms with Gasteiger partial charge in [0.05, 0.1) is 38.5 Å². The SMILES string of the molecule is CCCC#Cc1ccc([C@@H]2[C@H](C#N)N(C(=O)CN3CCOCC3)[C@H]2CO)cc1. The van der Waals surface area contributed by atoms with Crippen LogP contribution in [0.15, 0.2) is 24.3 Å². The Bertz CT molecular complexity index is 769. The molecule has 2 fully saturated rings. The summed E-state index contributed by atoms with van der Waals surface area (Å²) in [6.07, 6.45) is 1.90. The van der Waals surface area contributed by atoms with Crippen molar-refractivity contribution in [3.05, 3.63) is 35.4 Å². The van der Waals surface area contributed by atoms with Crippen molar-refractivity contribution >= 4 is 5.91 Å². The first-order chi connectivity index (χ1) is 13.7. The molecule has 2 aliphatic heterocycles. The maximum atomic E-state index is 12.8. The second-order valence-corrected chi connectivity index (χ2v) is 7.21. The van der Waals surface area contributed by atoms with Crippen LogP contribution in [0.4, 0.5) is 0 Å². The Morgan fingerprint density at radius 3 is 2.61 bits per heavy atom. The third-order valence-electron chi connectivity index (χ3n) is 5.38. The Morgan fingerprint density at radius 1 is 1.29 bits per heavy atom. The van der Waals surface area contributed by atoms with Gasteiger partial charge in [-0.2, -0.15) is 5.26 Å². The molecule has 6 heteroatoms. The Hall–Kier alpha value is -2.38. The number of ether oxygens (including phenoxy) is 1. The smallest absolute Gasteiger partial charge is 0.238 e. The number of morpholine rings is 1. The van der Waals surface area contributed by atoms with Gasteiger partial charge in [-0.3, -0.25) is 9.69 Å². The Kier molecular flexibility index (Phi) is 7.06. The zero-order valence-corrected chi connectivity index (χ0v) is 16.3. The molecule has 6 nitrogen and oxygen atoms in total. The summed E-state index contributed by atoms with van der Waals surface area (Å²) in [5, 5.41) is 19.6. The van der Waals surface area contributed by atoms with Crippen molar-refractivity contribution in [2.45, 2.75) is 37.8 Å². The Morgan fingerprint density at radius 2 is 2.00 bits per heavy atom. The highest BCUT2D eigenvalue weighted by molar-refractivity contribution is 5.81. The lowest BCUT2D eigenvalue weighted by molar-refractivity contribution is -0.149. The van der Waals surface area contributed by atoms with Crippen LogP contribution >= 0.6 is 0 Å². The van der Waals surface area contributed by atoms with E-state index in [4.69, 9.17) is 4.74 Å². The zero-order chi connectivity index (χ0) is 19.9. The van der Waals surface area contributed by atoms with Gasteiger partial charge in [0.15, 0.2) is 0 Å². The molecule has 0 spiro atoms. The molecule has 1 aromatic rings. The fourth-order valence-corrected chi connectivity index (χ4v) is 3.86. The summed E-state index contributed by atoms with van der Waals surface area (Å²) in [5.41, 5.74) is 1.90. The molecule has 1 N–H and O–H groups in total. The monoisotopic (exact) mass is 381 g/mol. The summed E-state index contributed by atoms with van der Waals surface area (Å²) >= 11 is 0. The van der Waals surface area contributed by atoms with E-state index in [9.17, 15) is 15.2 Å². The Labute approximate surface area is 166 Å². The van der Waals surface area contributed by atoms with Crippen LogP contribution in [0.1, 0.15) is 36.8 Å². The molecule has 0 bridgehead atoms. The highest BCUT2D eigenvalue weighted by Crippen LogP contribution is 2.40. The predicted octanol–water partition coefficient (Wildman–Crippen LogP) is 1.35. The summed E-state index contributed by atoms with van der Waals surface area (Å²) in [4.78, 5) is 16.4. The number of aliphatic hydroxyl groups is 1. The van der Waals surface area contributed by atoms with E-state index in [0.29, 0.717) is 26.3 Å². The van der Waals surface area contributed by atoms with Gasteiger partial charge in [-0.05, 0) is 24.1 Å². The molecule has 0 saturated carbocycles. The van der Waals surface area contributed by atoms with Crippen LogP contribution in [0, 0.1) is 23.2 Å². The molecule has 28 heavy (non-hydrogen) atoms. The fraction of sp³-hybridized carbons (Fsp3) is 0.545. The van der Waals surface area contributed by atoms with Gasteiger partial charge in [-0.1, -0.05) is 30.9 Å². The summed E-state index contributed by atoms with van der Waals surface area (Å²) in [6.45, 7) is 4.86. The largest absolute Gasteiger partial charge is 0.394 e. The number of nitrogens with zero attached hydrogens (tertiary/aromatic N) is 3. The van der Waals surface area contributed by atoms with Crippen molar-refractivity contribution < 1.29 is 14.6 Å². The van der Waals surface area contributed by atoms with Gasteiger partial charge in [-0.15, -0.1) is 0 Å². The normalized spacial score (nSPS) is 24.6. The van der Waals surface area contributed by atoms with E-state index in [1.54, 1.807) is 4.90 Å². The number of nitriles is 1. The number of hydrogen-bond acceptors (Lipinski definition) is 5. The molecule has 1 aromatic carbocycles. The molecule has 1 amide bonds. The molecule has 0 unspecified atom stereocenters. The van der Waals surface area contributed by atoms with E-state index >= 15 is 0 Å². The van der Waals surface area contributed by atoms with E-state index in [0.717, 1.165) is 24.0 Å². The maximum absolute atomic E-state index is 12.8. The standard InChI is InChI=1S/C22H27N3O3/c1-2-3-4-5-17-6-8-18(9-7-17)22-19(14-23)25(20(22)16-26)21(27)15-24-10-12-28-13-11-24/h6-9,19-20,22,26H,2-3,10-13,15-16H2,1H3/t19-,20-,22+/m0/s1. The molecule has 3 rings (SSSR count). The van der Waals surface area contributed by atoms with Crippen LogP contribution in [0.5, 0.6) is 0 Å². The zero-order valence-electron chi connectivity index (χ0n) is 16.3. The molecule has 148 valence electrons. The van der Waals surface area contributed by atoms with E-state index in [-0.39, 0.29) is 31.0 Å². The van der Waals surface area contributed by atoms with Crippen LogP contribution in [0.25, 0.3) is 0 Å². The lowest BCUT2D eigenvalue weighted by Gasteiger charge is -2.52. The van der Waals surface area contributed by atoms with Crippen LogP contribution in [-0.4, -0.2) is 72.4 Å². The first kappa shape index (κ1) is 20.4. The van der Waals surface area contributed by atoms with Crippen molar-refractivity contribution in [3.8, 4) is 17.9 Å². The second kappa shape index (κ2) is 9.71. The van der Waals surface area contributed by atoms with Gasteiger partial charge in [-0.25, -0.2) is 0 Å². The van der Waals surface area contributed by atoms with Gasteiger partial charge in [0, 0.05) is 31.0 Å². The third-order valence-corrected chi connectivity index (χ3v) is 5.38. The predicted molar refractivity (Wildman–Crippen MR) is 105 cm³/mol. The molecule has 2 aliphatic rings. The van der Waals surface area contributed by atoms with E-state index in [1.165, 1.54) is 0 Å². The highest BCUT2D eigenvalue weighted by atomic mass is 16.5. The van der Waals surface area contributed by atoms with Crippen molar-refractivity contribution in [1.82, 2.24) is 9.80 Å². The lowest BCUT2D eigenvalue weighted by atomic mass is 9.75. The summed E-state index contributed by atoms with van der Waals surface area (Å²) < 4.78 is 5.31. The van der Waals surface area contributed by atoms with Gasteiger partial charge < -0.3 is 14.7 Å². The van der Waals surface area contributed by atoms with Crippen molar-refractivity contribution in [2.75, 3.05) is 39.5 Å². The van der Waals surface area contributed by atoms with Gasteiger partial charge >= 0.3 is 0 Å². The maximum Gasteiger partial charge on any atom is 0.238 e. The highest BCUT2D eigenvalue weighted by Gasteiger charge is 2.51. The summed E-state index contributed by atoms with van der Waals surface area (Å²) in [6, 6.07) is 9.14. The average Bonchev–Trinajstić information content (AvgIpc) is 2.70. The number of benzene rings is 1. The molecule has 0 aliphatic carbocycles. The number of carbonyl (C=O) groups is 1. The van der Waals surface area contributed by atoms with Crippen molar-refractivity contribution in [3.63, 3.8) is 0 Å². The third kappa shape index (κ3) is 4.36. The van der Waals surface area contributed by atoms with E-state index in [2.05, 4.69) is 24.8 Å². The van der Waals surface area contributed by atoms with Gasteiger partial charge in [0.25, 0.3) is 0 Å². The number of carbonyl (C=O) groups excluding carboxylic acids is 1. The molecular weight excluding hydrogens is 354 g/mol. The summed E-state index contributed by atoms with van der Waals surface area (Å²) in [7, 11) is 0. The van der Waals surface area contributed by atoms with Crippen LogP contribution in [-0.2, 0) is 9.53 Å². The van der Waals surface area contributed by atoms with Gasteiger partial charge in [0.1, 0.15) is 6.04 Å².